The number of hydrogen-bond donors (Lipinski definition) is 0. The van der Waals surface area contributed by atoms with Crippen LogP contribution in [0.4, 0.5) is 20.6 Å². The zero-order valence-electron chi connectivity index (χ0n) is 16.3. The summed E-state index contributed by atoms with van der Waals surface area (Å²) in [5.41, 5.74) is 1.07. The molecule has 148 valence electrons. The lowest BCUT2D eigenvalue weighted by molar-refractivity contribution is -0.117. The van der Waals surface area contributed by atoms with E-state index in [1.807, 2.05) is 0 Å². The second kappa shape index (κ2) is 8.25. The molecule has 27 heavy (non-hydrogen) atoms. The van der Waals surface area contributed by atoms with E-state index < -0.39 is 6.09 Å². The molecule has 2 fully saturated rings. The Morgan fingerprint density at radius 3 is 2.56 bits per heavy atom. The number of carbonyl (C=O) groups excluding carboxylic acids is 2. The Balaban J connectivity index is 1.65. The molecule has 0 bridgehead atoms. The second-order valence-corrected chi connectivity index (χ2v) is 7.61. The molecule has 1 aromatic rings. The lowest BCUT2D eigenvalue weighted by Gasteiger charge is -2.38. The van der Waals surface area contributed by atoms with Crippen LogP contribution in [0.25, 0.3) is 0 Å². The molecule has 0 saturated carbocycles. The zero-order valence-corrected chi connectivity index (χ0v) is 16.3. The van der Waals surface area contributed by atoms with E-state index in [1.54, 1.807) is 12.1 Å². The fraction of sp³-hybridized carbons (Fsp3) is 0.600. The summed E-state index contributed by atoms with van der Waals surface area (Å²) in [6, 6.07) is 5.41. The van der Waals surface area contributed by atoms with Gasteiger partial charge in [0.2, 0.25) is 0 Å². The van der Waals surface area contributed by atoms with E-state index in [-0.39, 0.29) is 17.7 Å². The molecular weight excluding hydrogens is 349 g/mol. The average molecular weight is 377 g/mol. The van der Waals surface area contributed by atoms with Gasteiger partial charge < -0.3 is 14.4 Å². The largest absolute Gasteiger partial charge is 0.444 e. The zero-order chi connectivity index (χ0) is 19.6. The highest BCUT2D eigenvalue weighted by Crippen LogP contribution is 2.29. The van der Waals surface area contributed by atoms with Crippen LogP contribution in [0.3, 0.4) is 0 Å². The number of rotatable bonds is 6. The van der Waals surface area contributed by atoms with Crippen molar-refractivity contribution in [3.05, 3.63) is 24.0 Å². The van der Waals surface area contributed by atoms with E-state index in [9.17, 15) is 14.0 Å². The van der Waals surface area contributed by atoms with Gasteiger partial charge in [0.15, 0.2) is 0 Å². The summed E-state index contributed by atoms with van der Waals surface area (Å²) in [6.45, 7) is 9.60. The van der Waals surface area contributed by atoms with Crippen molar-refractivity contribution in [3.8, 4) is 0 Å². The molecule has 0 spiro atoms. The minimum Gasteiger partial charge on any atom is -0.444 e. The van der Waals surface area contributed by atoms with Gasteiger partial charge in [-0.25, -0.2) is 9.18 Å². The van der Waals surface area contributed by atoms with Crippen LogP contribution in [-0.2, 0) is 9.53 Å². The number of piperazine rings is 1. The van der Waals surface area contributed by atoms with Crippen LogP contribution in [-0.4, -0.2) is 61.6 Å². The molecule has 1 aromatic carbocycles. The monoisotopic (exact) mass is 377 g/mol. The third-order valence-electron chi connectivity index (χ3n) is 5.32. The van der Waals surface area contributed by atoms with Crippen molar-refractivity contribution in [2.75, 3.05) is 42.5 Å². The lowest BCUT2D eigenvalue weighted by Crippen LogP contribution is -2.49. The molecular formula is C20H28FN3O3. The molecule has 0 aromatic heterocycles. The second-order valence-electron chi connectivity index (χ2n) is 7.61. The van der Waals surface area contributed by atoms with Crippen LogP contribution in [0.1, 0.15) is 33.6 Å². The van der Waals surface area contributed by atoms with Gasteiger partial charge in [-0.2, -0.15) is 0 Å². The number of hydrogen-bond acceptors (Lipinski definition) is 5. The first-order chi connectivity index (χ1) is 12.8. The van der Waals surface area contributed by atoms with Gasteiger partial charge in [-0.1, -0.05) is 0 Å². The SMILES string of the molecule is CC(=O)CCC1CN(c2ccc(N3CCN(C(C)C)CC3)c(F)c2)C(=O)O1. The number of cyclic esters (lactones) is 1. The van der Waals surface area contributed by atoms with Crippen LogP contribution in [0, 0.1) is 5.82 Å². The number of carbonyl (C=O) groups is 2. The Kier molecular flexibility index (Phi) is 5.99. The van der Waals surface area contributed by atoms with E-state index in [0.717, 1.165) is 26.2 Å². The fourth-order valence-electron chi connectivity index (χ4n) is 3.65. The summed E-state index contributed by atoms with van der Waals surface area (Å²) in [7, 11) is 0. The molecule has 2 aliphatic rings. The van der Waals surface area contributed by atoms with Crippen molar-refractivity contribution < 1.29 is 18.7 Å². The summed E-state index contributed by atoms with van der Waals surface area (Å²) in [5.74, 6) is -0.261. The number of nitrogens with zero attached hydrogens (tertiary/aromatic N) is 3. The third kappa shape index (κ3) is 4.58. The van der Waals surface area contributed by atoms with Gasteiger partial charge in [0.25, 0.3) is 0 Å². The maximum atomic E-state index is 14.7. The molecule has 1 amide bonds. The lowest BCUT2D eigenvalue weighted by atomic mass is 10.1. The van der Waals surface area contributed by atoms with Crippen LogP contribution in [0.15, 0.2) is 18.2 Å². The summed E-state index contributed by atoms with van der Waals surface area (Å²) in [5, 5.41) is 0. The van der Waals surface area contributed by atoms with Gasteiger partial charge in [0, 0.05) is 38.6 Å². The molecule has 1 atom stereocenters. The minimum absolute atomic E-state index is 0.0671. The van der Waals surface area contributed by atoms with Gasteiger partial charge >= 0.3 is 6.09 Å². The van der Waals surface area contributed by atoms with Gasteiger partial charge in [0.05, 0.1) is 17.9 Å². The van der Waals surface area contributed by atoms with E-state index in [1.165, 1.54) is 17.9 Å². The molecule has 3 rings (SSSR count). The van der Waals surface area contributed by atoms with E-state index in [2.05, 4.69) is 23.6 Å². The summed E-state index contributed by atoms with van der Waals surface area (Å²) in [4.78, 5) is 29.1. The average Bonchev–Trinajstić information content (AvgIpc) is 3.01. The molecule has 7 heteroatoms. The first-order valence-corrected chi connectivity index (χ1v) is 9.61. The van der Waals surface area contributed by atoms with Crippen molar-refractivity contribution in [1.82, 2.24) is 4.90 Å². The number of benzene rings is 1. The van der Waals surface area contributed by atoms with Crippen molar-refractivity contribution >= 4 is 23.3 Å². The van der Waals surface area contributed by atoms with E-state index >= 15 is 0 Å². The van der Waals surface area contributed by atoms with Crippen molar-refractivity contribution in [2.24, 2.45) is 0 Å². The smallest absolute Gasteiger partial charge is 0.414 e. The molecule has 2 saturated heterocycles. The Bertz CT molecular complexity index is 702. The van der Waals surface area contributed by atoms with Crippen molar-refractivity contribution in [2.45, 2.75) is 45.8 Å². The maximum Gasteiger partial charge on any atom is 0.414 e. The number of halogens is 1. The van der Waals surface area contributed by atoms with Crippen LogP contribution in [0.2, 0.25) is 0 Å². The van der Waals surface area contributed by atoms with Crippen molar-refractivity contribution in [3.63, 3.8) is 0 Å². The predicted octanol–water partition coefficient (Wildman–Crippen LogP) is 3.05. The standard InChI is InChI=1S/C20H28FN3O3/c1-14(2)22-8-10-23(11-9-22)19-7-5-16(12-18(19)21)24-13-17(27-20(24)26)6-4-15(3)25/h5,7,12,14,17H,4,6,8-11,13H2,1-3H3. The minimum atomic E-state index is -0.485. The van der Waals surface area contributed by atoms with Crippen molar-refractivity contribution in [1.29, 1.82) is 0 Å². The van der Waals surface area contributed by atoms with Crippen LogP contribution >= 0.6 is 0 Å². The van der Waals surface area contributed by atoms with E-state index in [0.29, 0.717) is 36.8 Å². The number of anilines is 2. The van der Waals surface area contributed by atoms with Gasteiger partial charge in [-0.3, -0.25) is 9.80 Å². The first-order valence-electron chi connectivity index (χ1n) is 9.61. The summed E-state index contributed by atoms with van der Waals surface area (Å²) < 4.78 is 20.0. The molecule has 2 heterocycles. The number of amides is 1. The first kappa shape index (κ1) is 19.6. The Hall–Kier alpha value is -2.15. The topological polar surface area (TPSA) is 53.1 Å². The third-order valence-corrected chi connectivity index (χ3v) is 5.32. The summed E-state index contributed by atoms with van der Waals surface area (Å²) >= 11 is 0. The molecule has 0 aliphatic carbocycles. The molecule has 1 unspecified atom stereocenters. The maximum absolute atomic E-state index is 14.7. The highest BCUT2D eigenvalue weighted by molar-refractivity contribution is 5.90. The van der Waals surface area contributed by atoms with Crippen LogP contribution in [0.5, 0.6) is 0 Å². The predicted molar refractivity (Wildman–Crippen MR) is 103 cm³/mol. The number of Topliss-reactive ketones (excluding diaryl/α,β-unsaturated/α-hetero) is 1. The Morgan fingerprint density at radius 2 is 1.96 bits per heavy atom. The van der Waals surface area contributed by atoms with Gasteiger partial charge in [-0.15, -0.1) is 0 Å². The van der Waals surface area contributed by atoms with E-state index in [4.69, 9.17) is 4.74 Å². The fourth-order valence-corrected chi connectivity index (χ4v) is 3.65. The highest BCUT2D eigenvalue weighted by atomic mass is 19.1. The van der Waals surface area contributed by atoms with Gasteiger partial charge in [0.1, 0.15) is 17.7 Å². The number of ether oxygens (including phenoxy) is 1. The van der Waals surface area contributed by atoms with Gasteiger partial charge in [-0.05, 0) is 45.4 Å². The molecule has 6 nitrogen and oxygen atoms in total. The molecule has 2 aliphatic heterocycles. The normalized spacial score (nSPS) is 21.1. The quantitative estimate of drug-likeness (QED) is 0.763. The summed E-state index contributed by atoms with van der Waals surface area (Å²) in [6.07, 6.45) is 0.0641. The molecule has 0 radical (unpaired) electrons. The number of ketones is 1. The van der Waals surface area contributed by atoms with Crippen LogP contribution < -0.4 is 9.80 Å². The Morgan fingerprint density at radius 1 is 1.26 bits per heavy atom. The highest BCUT2D eigenvalue weighted by Gasteiger charge is 2.33. The molecule has 0 N–H and O–H groups in total. The Labute approximate surface area is 159 Å².